The van der Waals surface area contributed by atoms with E-state index in [1.807, 2.05) is 6.92 Å². The minimum absolute atomic E-state index is 0.0149. The first-order chi connectivity index (χ1) is 12.5. The molecule has 1 heterocycles. The smallest absolute Gasteiger partial charge is 0.325 e. The predicted molar refractivity (Wildman–Crippen MR) is 102 cm³/mol. The number of nitrogens with zero attached hydrogens (tertiary/aromatic N) is 3. The molecular formula is C19H34N4O3. The van der Waals surface area contributed by atoms with E-state index in [9.17, 15) is 9.59 Å². The van der Waals surface area contributed by atoms with Gasteiger partial charge in [0, 0.05) is 18.8 Å². The van der Waals surface area contributed by atoms with E-state index >= 15 is 0 Å². The lowest BCUT2D eigenvalue weighted by atomic mass is 10.2. The summed E-state index contributed by atoms with van der Waals surface area (Å²) in [7, 11) is 0. The monoisotopic (exact) mass is 366 g/mol. The molecule has 7 nitrogen and oxygen atoms in total. The van der Waals surface area contributed by atoms with E-state index in [1.54, 1.807) is 6.07 Å². The Kier molecular flexibility index (Phi) is 10.6. The van der Waals surface area contributed by atoms with Gasteiger partial charge in [-0.2, -0.15) is 5.10 Å². The Morgan fingerprint density at radius 1 is 1.19 bits per heavy atom. The van der Waals surface area contributed by atoms with Crippen LogP contribution in [0.4, 0.5) is 0 Å². The maximum absolute atomic E-state index is 12.4. The highest BCUT2D eigenvalue weighted by atomic mass is 16.4. The van der Waals surface area contributed by atoms with E-state index in [0.29, 0.717) is 0 Å². The SMILES string of the molecule is CCCCCN(CCCCC)CC(C)NC(=O)c1ccnn1CC(=O)O. The van der Waals surface area contributed by atoms with Gasteiger partial charge in [0.15, 0.2) is 0 Å². The first-order valence-electron chi connectivity index (χ1n) is 9.74. The number of hydrogen-bond donors (Lipinski definition) is 2. The van der Waals surface area contributed by atoms with Crippen LogP contribution in [0.3, 0.4) is 0 Å². The van der Waals surface area contributed by atoms with Crippen LogP contribution in [0.2, 0.25) is 0 Å². The highest BCUT2D eigenvalue weighted by Crippen LogP contribution is 2.05. The number of amides is 1. The van der Waals surface area contributed by atoms with E-state index in [0.717, 1.165) is 19.6 Å². The van der Waals surface area contributed by atoms with E-state index in [4.69, 9.17) is 5.11 Å². The molecule has 1 aromatic rings. The Morgan fingerprint density at radius 3 is 2.35 bits per heavy atom. The molecule has 0 fully saturated rings. The van der Waals surface area contributed by atoms with Gasteiger partial charge in [-0.1, -0.05) is 39.5 Å². The van der Waals surface area contributed by atoms with Gasteiger partial charge in [-0.3, -0.25) is 9.59 Å². The molecule has 1 amide bonds. The van der Waals surface area contributed by atoms with Crippen molar-refractivity contribution < 1.29 is 14.7 Å². The van der Waals surface area contributed by atoms with Gasteiger partial charge in [0.1, 0.15) is 12.2 Å². The molecule has 2 N–H and O–H groups in total. The second-order valence-corrected chi connectivity index (χ2v) is 6.86. The lowest BCUT2D eigenvalue weighted by molar-refractivity contribution is -0.137. The summed E-state index contributed by atoms with van der Waals surface area (Å²) in [6, 6.07) is 1.53. The number of carbonyl (C=O) groups excluding carboxylic acids is 1. The maximum atomic E-state index is 12.4. The standard InChI is InChI=1S/C19H34N4O3/c1-4-6-8-12-22(13-9-7-5-2)14-16(3)21-19(26)17-10-11-20-23(17)15-18(24)25/h10-11,16H,4-9,12-15H2,1-3H3,(H,21,26)(H,24,25). The Balaban J connectivity index is 2.56. The number of unbranched alkanes of at least 4 members (excludes halogenated alkanes) is 4. The summed E-state index contributed by atoms with van der Waals surface area (Å²) in [5.41, 5.74) is 0.280. The van der Waals surface area contributed by atoms with Gasteiger partial charge < -0.3 is 15.3 Å². The Hall–Kier alpha value is -1.89. The first kappa shape index (κ1) is 22.2. The van der Waals surface area contributed by atoms with Crippen molar-refractivity contribution in [2.75, 3.05) is 19.6 Å². The molecular weight excluding hydrogens is 332 g/mol. The average molecular weight is 367 g/mol. The van der Waals surface area contributed by atoms with Crippen molar-refractivity contribution in [1.29, 1.82) is 0 Å². The fraction of sp³-hybridized carbons (Fsp3) is 0.737. The number of carboxylic acids is 1. The highest BCUT2D eigenvalue weighted by Gasteiger charge is 2.17. The summed E-state index contributed by atoms with van der Waals surface area (Å²) < 4.78 is 1.21. The third kappa shape index (κ3) is 8.47. The van der Waals surface area contributed by atoms with Crippen LogP contribution in [-0.4, -0.2) is 57.3 Å². The molecule has 1 aromatic heterocycles. The summed E-state index contributed by atoms with van der Waals surface area (Å²) in [5.74, 6) is -1.30. The lowest BCUT2D eigenvalue weighted by Crippen LogP contribution is -2.43. The van der Waals surface area contributed by atoms with E-state index in [2.05, 4.69) is 29.2 Å². The first-order valence-corrected chi connectivity index (χ1v) is 9.74. The van der Waals surface area contributed by atoms with Gasteiger partial charge >= 0.3 is 5.97 Å². The van der Waals surface area contributed by atoms with Crippen molar-refractivity contribution in [1.82, 2.24) is 20.0 Å². The average Bonchev–Trinajstić information content (AvgIpc) is 3.02. The van der Waals surface area contributed by atoms with Gasteiger partial charge in [0.25, 0.3) is 5.91 Å². The van der Waals surface area contributed by atoms with Gasteiger partial charge in [0.05, 0.1) is 0 Å². The second kappa shape index (κ2) is 12.5. The summed E-state index contributed by atoms with van der Waals surface area (Å²) in [6.45, 7) is 8.97. The van der Waals surface area contributed by atoms with E-state index < -0.39 is 5.97 Å². The van der Waals surface area contributed by atoms with Crippen LogP contribution in [0.5, 0.6) is 0 Å². The van der Waals surface area contributed by atoms with E-state index in [1.165, 1.54) is 49.4 Å². The number of hydrogen-bond acceptors (Lipinski definition) is 4. The zero-order valence-corrected chi connectivity index (χ0v) is 16.4. The molecule has 0 bridgehead atoms. The molecule has 0 aliphatic heterocycles. The third-order valence-electron chi connectivity index (χ3n) is 4.30. The fourth-order valence-electron chi connectivity index (χ4n) is 2.98. The molecule has 1 unspecified atom stereocenters. The highest BCUT2D eigenvalue weighted by molar-refractivity contribution is 5.93. The fourth-order valence-corrected chi connectivity index (χ4v) is 2.98. The Morgan fingerprint density at radius 2 is 1.81 bits per heavy atom. The van der Waals surface area contributed by atoms with E-state index in [-0.39, 0.29) is 24.2 Å². The number of rotatable bonds is 14. The zero-order chi connectivity index (χ0) is 19.4. The molecule has 0 aromatic carbocycles. The molecule has 1 atom stereocenters. The van der Waals surface area contributed by atoms with Crippen LogP contribution in [0.25, 0.3) is 0 Å². The topological polar surface area (TPSA) is 87.5 Å². The summed E-state index contributed by atoms with van der Waals surface area (Å²) in [4.78, 5) is 25.7. The molecule has 148 valence electrons. The van der Waals surface area contributed by atoms with Crippen LogP contribution in [0.1, 0.15) is 69.8 Å². The van der Waals surface area contributed by atoms with Crippen LogP contribution in [-0.2, 0) is 11.3 Å². The van der Waals surface area contributed by atoms with Crippen molar-refractivity contribution in [3.05, 3.63) is 18.0 Å². The number of carbonyl (C=O) groups is 2. The van der Waals surface area contributed by atoms with Gasteiger partial charge in [-0.15, -0.1) is 0 Å². The quantitative estimate of drug-likeness (QED) is 0.494. The zero-order valence-electron chi connectivity index (χ0n) is 16.4. The largest absolute Gasteiger partial charge is 0.480 e. The van der Waals surface area contributed by atoms with Crippen LogP contribution >= 0.6 is 0 Å². The lowest BCUT2D eigenvalue weighted by Gasteiger charge is -2.26. The minimum Gasteiger partial charge on any atom is -0.480 e. The number of aromatic nitrogens is 2. The summed E-state index contributed by atoms with van der Waals surface area (Å²) >= 11 is 0. The van der Waals surface area contributed by atoms with Crippen LogP contribution in [0.15, 0.2) is 12.3 Å². The van der Waals surface area contributed by atoms with Crippen molar-refractivity contribution in [2.45, 2.75) is 71.9 Å². The van der Waals surface area contributed by atoms with Crippen LogP contribution in [0, 0.1) is 0 Å². The molecule has 26 heavy (non-hydrogen) atoms. The Bertz CT molecular complexity index is 535. The normalized spacial score (nSPS) is 12.3. The molecule has 7 heteroatoms. The Labute approximate surface area is 156 Å². The van der Waals surface area contributed by atoms with Crippen molar-refractivity contribution in [2.24, 2.45) is 0 Å². The van der Waals surface area contributed by atoms with Crippen LogP contribution < -0.4 is 5.32 Å². The van der Waals surface area contributed by atoms with Crippen molar-refractivity contribution in [3.8, 4) is 0 Å². The molecule has 0 saturated carbocycles. The van der Waals surface area contributed by atoms with Crippen molar-refractivity contribution in [3.63, 3.8) is 0 Å². The summed E-state index contributed by atoms with van der Waals surface area (Å²) in [5, 5.41) is 15.8. The third-order valence-corrected chi connectivity index (χ3v) is 4.30. The number of carboxylic acid groups (broad SMARTS) is 1. The molecule has 0 aliphatic carbocycles. The summed E-state index contributed by atoms with van der Waals surface area (Å²) in [6.07, 6.45) is 8.64. The predicted octanol–water partition coefficient (Wildman–Crippen LogP) is 2.77. The van der Waals surface area contributed by atoms with Gasteiger partial charge in [-0.05, 0) is 38.9 Å². The molecule has 0 spiro atoms. The maximum Gasteiger partial charge on any atom is 0.325 e. The number of aliphatic carboxylic acids is 1. The molecule has 0 saturated heterocycles. The van der Waals surface area contributed by atoms with Gasteiger partial charge in [-0.25, -0.2) is 4.68 Å². The van der Waals surface area contributed by atoms with Gasteiger partial charge in [0.2, 0.25) is 0 Å². The minimum atomic E-state index is -1.02. The molecule has 1 rings (SSSR count). The molecule has 0 aliphatic rings. The molecule has 0 radical (unpaired) electrons. The second-order valence-electron chi connectivity index (χ2n) is 6.86. The van der Waals surface area contributed by atoms with Crippen molar-refractivity contribution >= 4 is 11.9 Å². The number of nitrogens with one attached hydrogen (secondary N) is 1.